The summed E-state index contributed by atoms with van der Waals surface area (Å²) in [5, 5.41) is 7.43. The molecular weight excluding hydrogens is 280 g/mol. The van der Waals surface area contributed by atoms with E-state index in [0.29, 0.717) is 0 Å². The van der Waals surface area contributed by atoms with Crippen molar-refractivity contribution < 1.29 is 0 Å². The standard InChI is InChI=1S/C9H9BrN2S2/c1-11-8(7-4-13-5-12-7)9-6(10)2-3-14-9/h2-5,8,11H,1H3. The molecule has 2 heterocycles. The monoisotopic (exact) mass is 288 g/mol. The van der Waals surface area contributed by atoms with E-state index in [4.69, 9.17) is 0 Å². The van der Waals surface area contributed by atoms with Gasteiger partial charge in [-0.1, -0.05) is 0 Å². The second-order valence-corrected chi connectivity index (χ2v) is 5.29. The van der Waals surface area contributed by atoms with Gasteiger partial charge in [-0.2, -0.15) is 0 Å². The van der Waals surface area contributed by atoms with Gasteiger partial charge in [0.25, 0.3) is 0 Å². The molecule has 2 aromatic rings. The Morgan fingerprint density at radius 1 is 1.57 bits per heavy atom. The Kier molecular flexibility index (Phi) is 3.33. The summed E-state index contributed by atoms with van der Waals surface area (Å²) < 4.78 is 1.15. The molecule has 14 heavy (non-hydrogen) atoms. The van der Waals surface area contributed by atoms with Crippen molar-refractivity contribution in [2.24, 2.45) is 0 Å². The van der Waals surface area contributed by atoms with Crippen LogP contribution in [0.1, 0.15) is 16.6 Å². The van der Waals surface area contributed by atoms with Gasteiger partial charge in [0, 0.05) is 14.7 Å². The number of thiophene rings is 1. The summed E-state index contributed by atoms with van der Waals surface area (Å²) >= 11 is 6.90. The minimum Gasteiger partial charge on any atom is -0.307 e. The molecule has 0 spiro atoms. The fraction of sp³-hybridized carbons (Fsp3) is 0.222. The van der Waals surface area contributed by atoms with Crippen molar-refractivity contribution in [1.29, 1.82) is 0 Å². The first kappa shape index (κ1) is 10.3. The van der Waals surface area contributed by atoms with E-state index in [1.54, 1.807) is 22.7 Å². The Labute approximate surface area is 99.1 Å². The van der Waals surface area contributed by atoms with Crippen molar-refractivity contribution in [1.82, 2.24) is 10.3 Å². The van der Waals surface area contributed by atoms with Gasteiger partial charge in [-0.25, -0.2) is 4.98 Å². The second-order valence-electron chi connectivity index (χ2n) is 2.77. The summed E-state index contributed by atoms with van der Waals surface area (Å²) in [4.78, 5) is 5.60. The average molecular weight is 289 g/mol. The number of hydrogen-bond donors (Lipinski definition) is 1. The van der Waals surface area contributed by atoms with Gasteiger partial charge in [0.05, 0.1) is 17.2 Å². The summed E-state index contributed by atoms with van der Waals surface area (Å²) in [6.07, 6.45) is 0. The number of halogens is 1. The van der Waals surface area contributed by atoms with Crippen LogP contribution in [0.3, 0.4) is 0 Å². The zero-order valence-corrected chi connectivity index (χ0v) is 10.7. The van der Waals surface area contributed by atoms with Crippen LogP contribution in [-0.4, -0.2) is 12.0 Å². The first-order chi connectivity index (χ1) is 6.83. The van der Waals surface area contributed by atoms with E-state index in [1.165, 1.54) is 4.88 Å². The minimum atomic E-state index is 0.204. The van der Waals surface area contributed by atoms with E-state index >= 15 is 0 Å². The van der Waals surface area contributed by atoms with Crippen LogP contribution < -0.4 is 5.32 Å². The lowest BCUT2D eigenvalue weighted by Crippen LogP contribution is -2.17. The molecule has 0 radical (unpaired) electrons. The Hall–Kier alpha value is -0.230. The highest BCUT2D eigenvalue weighted by Gasteiger charge is 2.17. The smallest absolute Gasteiger partial charge is 0.0862 e. The Bertz CT molecular complexity index is 397. The third kappa shape index (κ3) is 1.91. The molecule has 1 N–H and O–H groups in total. The number of hydrogen-bond acceptors (Lipinski definition) is 4. The molecule has 0 fully saturated rings. The van der Waals surface area contributed by atoms with Gasteiger partial charge in [0.15, 0.2) is 0 Å². The van der Waals surface area contributed by atoms with E-state index in [-0.39, 0.29) is 6.04 Å². The fourth-order valence-electron chi connectivity index (χ4n) is 1.29. The van der Waals surface area contributed by atoms with Gasteiger partial charge in [-0.15, -0.1) is 22.7 Å². The highest BCUT2D eigenvalue weighted by atomic mass is 79.9. The van der Waals surface area contributed by atoms with Crippen molar-refractivity contribution in [3.63, 3.8) is 0 Å². The first-order valence-corrected chi connectivity index (χ1v) is 6.72. The number of rotatable bonds is 3. The lowest BCUT2D eigenvalue weighted by molar-refractivity contribution is 0.684. The molecule has 1 unspecified atom stereocenters. The predicted octanol–water partition coefficient (Wildman–Crippen LogP) is 3.28. The van der Waals surface area contributed by atoms with Gasteiger partial charge in [-0.3, -0.25) is 0 Å². The molecule has 0 bridgehead atoms. The van der Waals surface area contributed by atoms with E-state index in [1.807, 2.05) is 12.6 Å². The molecule has 2 nitrogen and oxygen atoms in total. The lowest BCUT2D eigenvalue weighted by Gasteiger charge is -2.12. The van der Waals surface area contributed by atoms with Crippen molar-refractivity contribution in [3.05, 3.63) is 37.4 Å². The van der Waals surface area contributed by atoms with Crippen LogP contribution in [0.15, 0.2) is 26.8 Å². The van der Waals surface area contributed by atoms with Crippen molar-refractivity contribution in [2.45, 2.75) is 6.04 Å². The van der Waals surface area contributed by atoms with E-state index in [9.17, 15) is 0 Å². The van der Waals surface area contributed by atoms with E-state index in [0.717, 1.165) is 10.2 Å². The maximum atomic E-state index is 4.33. The summed E-state index contributed by atoms with van der Waals surface area (Å²) in [6, 6.07) is 2.27. The van der Waals surface area contributed by atoms with Gasteiger partial charge in [0.1, 0.15) is 0 Å². The zero-order valence-electron chi connectivity index (χ0n) is 7.53. The normalized spacial score (nSPS) is 13.0. The number of thiazole rings is 1. The first-order valence-electron chi connectivity index (χ1n) is 4.11. The molecule has 2 rings (SSSR count). The van der Waals surface area contributed by atoms with Gasteiger partial charge in [-0.05, 0) is 34.4 Å². The predicted molar refractivity (Wildman–Crippen MR) is 65.0 cm³/mol. The molecule has 0 aliphatic carbocycles. The topological polar surface area (TPSA) is 24.9 Å². The Morgan fingerprint density at radius 3 is 2.93 bits per heavy atom. The van der Waals surface area contributed by atoms with Crippen LogP contribution in [0.4, 0.5) is 0 Å². The van der Waals surface area contributed by atoms with Crippen LogP contribution in [0.25, 0.3) is 0 Å². The summed E-state index contributed by atoms with van der Waals surface area (Å²) in [7, 11) is 1.95. The maximum absolute atomic E-state index is 4.33. The molecule has 0 aromatic carbocycles. The fourth-order valence-corrected chi connectivity index (χ4v) is 3.59. The molecule has 0 amide bonds. The Morgan fingerprint density at radius 2 is 2.43 bits per heavy atom. The third-order valence-electron chi connectivity index (χ3n) is 1.94. The molecule has 2 aromatic heterocycles. The summed E-state index contributed by atoms with van der Waals surface area (Å²) in [5.41, 5.74) is 2.95. The largest absolute Gasteiger partial charge is 0.307 e. The highest BCUT2D eigenvalue weighted by molar-refractivity contribution is 9.10. The number of nitrogens with one attached hydrogen (secondary N) is 1. The number of aromatic nitrogens is 1. The molecule has 0 aliphatic heterocycles. The van der Waals surface area contributed by atoms with Crippen molar-refractivity contribution >= 4 is 38.6 Å². The Balaban J connectivity index is 2.36. The zero-order chi connectivity index (χ0) is 9.97. The van der Waals surface area contributed by atoms with E-state index < -0.39 is 0 Å². The summed E-state index contributed by atoms with van der Waals surface area (Å²) in [5.74, 6) is 0. The SMILES string of the molecule is CNC(c1cscn1)c1sccc1Br. The van der Waals surface area contributed by atoms with E-state index in [2.05, 4.69) is 43.1 Å². The molecule has 1 atom stereocenters. The lowest BCUT2D eigenvalue weighted by atomic mass is 10.2. The van der Waals surface area contributed by atoms with Gasteiger partial charge >= 0.3 is 0 Å². The molecule has 5 heteroatoms. The molecule has 0 saturated heterocycles. The average Bonchev–Trinajstić information content (AvgIpc) is 2.80. The molecular formula is C9H9BrN2S2. The van der Waals surface area contributed by atoms with Crippen LogP contribution in [0.2, 0.25) is 0 Å². The van der Waals surface area contributed by atoms with Crippen molar-refractivity contribution in [2.75, 3.05) is 7.05 Å². The summed E-state index contributed by atoms with van der Waals surface area (Å²) in [6.45, 7) is 0. The van der Waals surface area contributed by atoms with Gasteiger partial charge < -0.3 is 5.32 Å². The highest BCUT2D eigenvalue weighted by Crippen LogP contribution is 2.32. The van der Waals surface area contributed by atoms with Crippen LogP contribution in [-0.2, 0) is 0 Å². The van der Waals surface area contributed by atoms with Crippen LogP contribution >= 0.6 is 38.6 Å². The second kappa shape index (κ2) is 4.53. The quantitative estimate of drug-likeness (QED) is 0.938. The molecule has 74 valence electrons. The van der Waals surface area contributed by atoms with Crippen LogP contribution in [0.5, 0.6) is 0 Å². The third-order valence-corrected chi connectivity index (χ3v) is 4.48. The van der Waals surface area contributed by atoms with Crippen molar-refractivity contribution in [3.8, 4) is 0 Å². The molecule has 0 saturated carbocycles. The molecule has 0 aliphatic rings. The van der Waals surface area contributed by atoms with Crippen LogP contribution in [0, 0.1) is 0 Å². The number of nitrogens with zero attached hydrogens (tertiary/aromatic N) is 1. The maximum Gasteiger partial charge on any atom is 0.0862 e. The van der Waals surface area contributed by atoms with Gasteiger partial charge in [0.2, 0.25) is 0 Å². The minimum absolute atomic E-state index is 0.204.